The maximum Gasteiger partial charge on any atom is 0.260 e. The van der Waals surface area contributed by atoms with Gasteiger partial charge in [-0.25, -0.2) is 0 Å². The minimum absolute atomic E-state index is 0.0453. The highest BCUT2D eigenvalue weighted by Gasteiger charge is 2.21. The third-order valence-electron chi connectivity index (χ3n) is 5.45. The number of amides is 1. The van der Waals surface area contributed by atoms with Crippen LogP contribution in [0.5, 0.6) is 11.5 Å². The number of rotatable bonds is 7. The molecule has 0 saturated carbocycles. The summed E-state index contributed by atoms with van der Waals surface area (Å²) in [5.74, 6) is 1.68. The lowest BCUT2D eigenvalue weighted by molar-refractivity contribution is -0.135. The van der Waals surface area contributed by atoms with Crippen LogP contribution < -0.4 is 9.47 Å². The molecular weight excluding hydrogens is 376 g/mol. The molecule has 4 rings (SSSR count). The lowest BCUT2D eigenvalue weighted by atomic mass is 10.1. The van der Waals surface area contributed by atoms with Crippen LogP contribution in [0.3, 0.4) is 0 Å². The third kappa shape index (κ3) is 5.10. The number of hydrogen-bond acceptors (Lipinski definition) is 4. The van der Waals surface area contributed by atoms with Crippen molar-refractivity contribution in [3.05, 3.63) is 72.3 Å². The zero-order chi connectivity index (χ0) is 20.8. The van der Waals surface area contributed by atoms with E-state index < -0.39 is 0 Å². The van der Waals surface area contributed by atoms with Crippen molar-refractivity contribution in [2.45, 2.75) is 13.5 Å². The van der Waals surface area contributed by atoms with Gasteiger partial charge in [0.15, 0.2) is 6.61 Å². The van der Waals surface area contributed by atoms with Crippen molar-refractivity contribution < 1.29 is 14.3 Å². The van der Waals surface area contributed by atoms with Crippen molar-refractivity contribution >= 4 is 16.7 Å². The van der Waals surface area contributed by atoms with E-state index in [1.54, 1.807) is 0 Å². The van der Waals surface area contributed by atoms with Crippen LogP contribution in [0.25, 0.3) is 10.8 Å². The Morgan fingerprint density at radius 1 is 0.833 bits per heavy atom. The van der Waals surface area contributed by atoms with Gasteiger partial charge in [-0.15, -0.1) is 0 Å². The fourth-order valence-corrected chi connectivity index (χ4v) is 3.76. The summed E-state index contributed by atoms with van der Waals surface area (Å²) < 4.78 is 11.3. The number of carbonyl (C=O) groups is 1. The van der Waals surface area contributed by atoms with Crippen LogP contribution in [0.2, 0.25) is 0 Å². The van der Waals surface area contributed by atoms with Gasteiger partial charge in [-0.05, 0) is 47.5 Å². The number of hydrogen-bond donors (Lipinski definition) is 0. The second-order valence-corrected chi connectivity index (χ2v) is 7.53. The molecule has 0 spiro atoms. The highest BCUT2D eigenvalue weighted by Crippen LogP contribution is 2.21. The molecule has 0 atom stereocenters. The smallest absolute Gasteiger partial charge is 0.260 e. The molecule has 0 unspecified atom stereocenters. The summed E-state index contributed by atoms with van der Waals surface area (Å²) in [5, 5.41) is 2.28. The molecule has 30 heavy (non-hydrogen) atoms. The molecule has 0 N–H and O–H groups in total. The van der Waals surface area contributed by atoms with Gasteiger partial charge in [0.25, 0.3) is 5.91 Å². The Hall–Kier alpha value is -3.05. The molecule has 3 aromatic rings. The molecule has 1 amide bonds. The average Bonchev–Trinajstić information content (AvgIpc) is 2.79. The highest BCUT2D eigenvalue weighted by atomic mass is 16.5. The topological polar surface area (TPSA) is 42.0 Å². The zero-order valence-electron chi connectivity index (χ0n) is 17.4. The van der Waals surface area contributed by atoms with E-state index in [1.165, 1.54) is 10.9 Å². The van der Waals surface area contributed by atoms with Crippen molar-refractivity contribution in [1.82, 2.24) is 9.80 Å². The minimum atomic E-state index is 0.0453. The van der Waals surface area contributed by atoms with Gasteiger partial charge in [-0.3, -0.25) is 9.69 Å². The number of nitrogens with zero attached hydrogens (tertiary/aromatic N) is 2. The predicted octanol–water partition coefficient (Wildman–Crippen LogP) is 3.96. The van der Waals surface area contributed by atoms with Crippen LogP contribution in [-0.2, 0) is 11.3 Å². The number of fused-ring (bicyclic) bond motifs is 1. The maximum atomic E-state index is 12.6. The second-order valence-electron chi connectivity index (χ2n) is 7.53. The van der Waals surface area contributed by atoms with Crippen molar-refractivity contribution in [2.75, 3.05) is 39.4 Å². The number of benzene rings is 3. The normalized spacial score (nSPS) is 14.6. The summed E-state index contributed by atoms with van der Waals surface area (Å²) >= 11 is 0. The largest absolute Gasteiger partial charge is 0.494 e. The maximum absolute atomic E-state index is 12.6. The molecule has 156 valence electrons. The molecule has 1 fully saturated rings. The Bertz CT molecular complexity index is 979. The summed E-state index contributed by atoms with van der Waals surface area (Å²) in [4.78, 5) is 16.8. The van der Waals surface area contributed by atoms with Gasteiger partial charge in [0.05, 0.1) is 6.61 Å². The lowest BCUT2D eigenvalue weighted by Crippen LogP contribution is -2.49. The van der Waals surface area contributed by atoms with Gasteiger partial charge >= 0.3 is 0 Å². The quantitative estimate of drug-likeness (QED) is 0.598. The average molecular weight is 405 g/mol. The van der Waals surface area contributed by atoms with Crippen molar-refractivity contribution in [3.8, 4) is 11.5 Å². The molecule has 1 aliphatic rings. The van der Waals surface area contributed by atoms with Gasteiger partial charge < -0.3 is 14.4 Å². The molecule has 1 heterocycles. The fourth-order valence-electron chi connectivity index (χ4n) is 3.76. The van der Waals surface area contributed by atoms with Gasteiger partial charge in [0, 0.05) is 32.7 Å². The van der Waals surface area contributed by atoms with E-state index in [2.05, 4.69) is 23.1 Å². The molecule has 1 aliphatic heterocycles. The lowest BCUT2D eigenvalue weighted by Gasteiger charge is -2.34. The van der Waals surface area contributed by atoms with Crippen molar-refractivity contribution in [1.29, 1.82) is 0 Å². The molecule has 3 aromatic carbocycles. The first kappa shape index (κ1) is 20.2. The molecule has 1 saturated heterocycles. The van der Waals surface area contributed by atoms with Gasteiger partial charge in [0.2, 0.25) is 0 Å². The summed E-state index contributed by atoms with van der Waals surface area (Å²) in [6, 6.07) is 22.3. The van der Waals surface area contributed by atoms with Crippen molar-refractivity contribution in [3.63, 3.8) is 0 Å². The van der Waals surface area contributed by atoms with Crippen LogP contribution in [0.1, 0.15) is 12.5 Å². The first-order chi connectivity index (χ1) is 14.7. The Morgan fingerprint density at radius 2 is 1.53 bits per heavy atom. The van der Waals surface area contributed by atoms with E-state index in [0.717, 1.165) is 49.6 Å². The standard InChI is InChI=1S/C25H28N2O3/c1-2-29-23-10-7-20(8-11-23)18-26-13-15-27(16-14-26)25(28)19-30-24-12-9-21-5-3-4-6-22(21)17-24/h3-12,17H,2,13-16,18-19H2,1H3. The Balaban J connectivity index is 1.23. The Kier molecular flexibility index (Phi) is 6.50. The van der Waals surface area contributed by atoms with E-state index in [1.807, 2.05) is 60.4 Å². The van der Waals surface area contributed by atoms with Gasteiger partial charge in [0.1, 0.15) is 11.5 Å². The Labute approximate surface area is 177 Å². The molecule has 5 heteroatoms. The van der Waals surface area contributed by atoms with Crippen LogP contribution >= 0.6 is 0 Å². The van der Waals surface area contributed by atoms with Crippen LogP contribution in [0.4, 0.5) is 0 Å². The predicted molar refractivity (Wildman–Crippen MR) is 119 cm³/mol. The van der Waals surface area contributed by atoms with E-state index in [0.29, 0.717) is 6.61 Å². The van der Waals surface area contributed by atoms with Gasteiger partial charge in [-0.1, -0.05) is 42.5 Å². The van der Waals surface area contributed by atoms with E-state index >= 15 is 0 Å². The van der Waals surface area contributed by atoms with Crippen LogP contribution in [0.15, 0.2) is 66.7 Å². The molecule has 0 bridgehead atoms. The molecular formula is C25H28N2O3. The summed E-state index contributed by atoms with van der Waals surface area (Å²) in [6.45, 7) is 6.85. The molecule has 0 radical (unpaired) electrons. The number of carbonyl (C=O) groups excluding carboxylic acids is 1. The first-order valence-corrected chi connectivity index (χ1v) is 10.5. The number of piperazine rings is 1. The van der Waals surface area contributed by atoms with Crippen molar-refractivity contribution in [2.24, 2.45) is 0 Å². The Morgan fingerprint density at radius 3 is 2.27 bits per heavy atom. The van der Waals surface area contributed by atoms with E-state index in [4.69, 9.17) is 9.47 Å². The highest BCUT2D eigenvalue weighted by molar-refractivity contribution is 5.84. The fraction of sp³-hybridized carbons (Fsp3) is 0.320. The zero-order valence-corrected chi connectivity index (χ0v) is 17.4. The summed E-state index contributed by atoms with van der Waals surface area (Å²) in [7, 11) is 0. The monoisotopic (exact) mass is 404 g/mol. The SMILES string of the molecule is CCOc1ccc(CN2CCN(C(=O)COc3ccc4ccccc4c3)CC2)cc1. The second kappa shape index (κ2) is 9.63. The first-order valence-electron chi connectivity index (χ1n) is 10.5. The minimum Gasteiger partial charge on any atom is -0.494 e. The summed E-state index contributed by atoms with van der Waals surface area (Å²) in [6.07, 6.45) is 0. The van der Waals surface area contributed by atoms with E-state index in [9.17, 15) is 4.79 Å². The molecule has 0 aliphatic carbocycles. The van der Waals surface area contributed by atoms with Gasteiger partial charge in [-0.2, -0.15) is 0 Å². The van der Waals surface area contributed by atoms with E-state index in [-0.39, 0.29) is 12.5 Å². The number of ether oxygens (including phenoxy) is 2. The molecule has 5 nitrogen and oxygen atoms in total. The summed E-state index contributed by atoms with van der Waals surface area (Å²) in [5.41, 5.74) is 1.26. The van der Waals surface area contributed by atoms with Crippen LogP contribution in [-0.4, -0.2) is 55.1 Å². The molecule has 0 aromatic heterocycles. The third-order valence-corrected chi connectivity index (χ3v) is 5.45. The van der Waals surface area contributed by atoms with Crippen LogP contribution in [0, 0.1) is 0 Å².